The summed E-state index contributed by atoms with van der Waals surface area (Å²) in [4.78, 5) is 24.0. The van der Waals surface area contributed by atoms with Crippen LogP contribution in [-0.4, -0.2) is 17.1 Å². The molecule has 1 aromatic heterocycles. The third-order valence-corrected chi connectivity index (χ3v) is 5.03. The lowest BCUT2D eigenvalue weighted by Crippen LogP contribution is -2.46. The lowest BCUT2D eigenvalue weighted by molar-refractivity contribution is 0.229. The summed E-state index contributed by atoms with van der Waals surface area (Å²) in [7, 11) is 0. The number of nitrogens with one attached hydrogen (secondary N) is 2. The van der Waals surface area contributed by atoms with Gasteiger partial charge in [0.1, 0.15) is 0 Å². The average Bonchev–Trinajstić information content (AvgIpc) is 2.64. The van der Waals surface area contributed by atoms with Crippen LogP contribution in [0.3, 0.4) is 0 Å². The number of nitrogens with zero attached hydrogens (tertiary/aromatic N) is 1. The molecule has 0 fully saturated rings. The fourth-order valence-corrected chi connectivity index (χ4v) is 3.24. The van der Waals surface area contributed by atoms with E-state index < -0.39 is 5.54 Å². The molecule has 0 aliphatic carbocycles. The van der Waals surface area contributed by atoms with Crippen LogP contribution in [0.5, 0.6) is 0 Å². The molecule has 1 aromatic carbocycles. The zero-order valence-electron chi connectivity index (χ0n) is 16.7. The van der Waals surface area contributed by atoms with Gasteiger partial charge in [-0.2, -0.15) is 0 Å². The molecule has 0 radical (unpaired) electrons. The molecule has 5 nitrogen and oxygen atoms in total. The lowest BCUT2D eigenvalue weighted by Gasteiger charge is -2.27. The van der Waals surface area contributed by atoms with E-state index in [0.717, 1.165) is 34.0 Å². The van der Waals surface area contributed by atoms with Gasteiger partial charge in [0.15, 0.2) is 0 Å². The number of rotatable bonds is 8. The number of aromatic nitrogens is 1. The molecule has 150 valence electrons. The summed E-state index contributed by atoms with van der Waals surface area (Å²) in [5.41, 5.74) is 2.56. The second kappa shape index (κ2) is 9.73. The number of aryl methyl sites for hydroxylation is 1. The molecule has 0 unspecified atom stereocenters. The molecule has 2 aromatic rings. The van der Waals surface area contributed by atoms with Gasteiger partial charge in [-0.05, 0) is 72.8 Å². The maximum atomic E-state index is 12.3. The number of carbonyl (C=O) groups excluding carboxylic acids is 1. The van der Waals surface area contributed by atoms with Gasteiger partial charge in [0.2, 0.25) is 0 Å². The number of benzene rings is 1. The van der Waals surface area contributed by atoms with Crippen molar-refractivity contribution in [3.05, 3.63) is 75.1 Å². The van der Waals surface area contributed by atoms with Crippen LogP contribution in [0.4, 0.5) is 4.79 Å². The monoisotopic (exact) mass is 445 g/mol. The van der Waals surface area contributed by atoms with Crippen molar-refractivity contribution in [3.63, 3.8) is 0 Å². The zero-order valence-corrected chi connectivity index (χ0v) is 18.3. The number of unbranched alkanes of at least 4 members (excludes halogenated alkanes) is 1. The van der Waals surface area contributed by atoms with Crippen molar-refractivity contribution in [3.8, 4) is 0 Å². The van der Waals surface area contributed by atoms with Crippen molar-refractivity contribution in [2.75, 3.05) is 6.54 Å². The van der Waals surface area contributed by atoms with Gasteiger partial charge >= 0.3 is 6.03 Å². The molecule has 0 aliphatic rings. The first kappa shape index (κ1) is 22.0. The van der Waals surface area contributed by atoms with E-state index >= 15 is 0 Å². The largest absolute Gasteiger partial charge is 0.338 e. The first-order chi connectivity index (χ1) is 13.2. The molecule has 0 saturated heterocycles. The van der Waals surface area contributed by atoms with Gasteiger partial charge < -0.3 is 15.2 Å². The van der Waals surface area contributed by atoms with Gasteiger partial charge in [-0.1, -0.05) is 30.4 Å². The molecule has 0 spiro atoms. The van der Waals surface area contributed by atoms with Gasteiger partial charge in [0, 0.05) is 29.8 Å². The van der Waals surface area contributed by atoms with E-state index in [-0.39, 0.29) is 11.6 Å². The highest BCUT2D eigenvalue weighted by Crippen LogP contribution is 2.23. The van der Waals surface area contributed by atoms with E-state index in [4.69, 9.17) is 0 Å². The standard InChI is InChI=1S/C22H28BrN3O2/c1-16(2)17-8-7-9-18(14-17)22(3,4)25-21(28)24-12-5-6-13-26-15-19(23)10-11-20(26)27/h7-11,14-15H,1,5-6,12-13H2,2-4H3,(H2,24,25,28). The molecule has 0 saturated carbocycles. The predicted octanol–water partition coefficient (Wildman–Crippen LogP) is 4.66. The molecule has 2 N–H and O–H groups in total. The molecule has 1 heterocycles. The number of pyridine rings is 1. The minimum absolute atomic E-state index is 0.0207. The van der Waals surface area contributed by atoms with Gasteiger partial charge in [0.25, 0.3) is 5.56 Å². The van der Waals surface area contributed by atoms with E-state index in [1.807, 2.05) is 39.0 Å². The Kier molecular flexibility index (Phi) is 7.63. The Bertz CT molecular complexity index is 903. The van der Waals surface area contributed by atoms with Crippen LogP contribution in [0.25, 0.3) is 5.57 Å². The molecule has 6 heteroatoms. The molecule has 2 amide bonds. The van der Waals surface area contributed by atoms with E-state index in [9.17, 15) is 9.59 Å². The quantitative estimate of drug-likeness (QED) is 0.580. The van der Waals surface area contributed by atoms with Crippen LogP contribution < -0.4 is 16.2 Å². The fraction of sp³-hybridized carbons (Fsp3) is 0.364. The van der Waals surface area contributed by atoms with Gasteiger partial charge in [-0.3, -0.25) is 4.79 Å². The third kappa shape index (κ3) is 6.37. The molecule has 2 rings (SSSR count). The maximum absolute atomic E-state index is 12.3. The van der Waals surface area contributed by atoms with E-state index in [0.29, 0.717) is 13.1 Å². The van der Waals surface area contributed by atoms with Crippen LogP contribution in [0.2, 0.25) is 0 Å². The summed E-state index contributed by atoms with van der Waals surface area (Å²) in [5.74, 6) is 0. The van der Waals surface area contributed by atoms with Crippen molar-refractivity contribution in [2.45, 2.75) is 45.7 Å². The summed E-state index contributed by atoms with van der Waals surface area (Å²) < 4.78 is 2.55. The Morgan fingerprint density at radius 2 is 1.96 bits per heavy atom. The molecular weight excluding hydrogens is 418 g/mol. The highest BCUT2D eigenvalue weighted by Gasteiger charge is 2.22. The Morgan fingerprint density at radius 1 is 1.21 bits per heavy atom. The van der Waals surface area contributed by atoms with Crippen molar-refractivity contribution in [2.24, 2.45) is 0 Å². The third-order valence-electron chi connectivity index (χ3n) is 4.56. The molecule has 0 aliphatic heterocycles. The van der Waals surface area contributed by atoms with Gasteiger partial charge in [-0.15, -0.1) is 0 Å². The second-order valence-electron chi connectivity index (χ2n) is 7.45. The number of urea groups is 1. The number of carbonyl (C=O) groups is 1. The first-order valence-corrected chi connectivity index (χ1v) is 10.2. The summed E-state index contributed by atoms with van der Waals surface area (Å²) in [6.45, 7) is 11.1. The van der Waals surface area contributed by atoms with E-state index in [1.165, 1.54) is 0 Å². The topological polar surface area (TPSA) is 63.1 Å². The predicted molar refractivity (Wildman–Crippen MR) is 118 cm³/mol. The first-order valence-electron chi connectivity index (χ1n) is 9.37. The van der Waals surface area contributed by atoms with Crippen molar-refractivity contribution in [1.82, 2.24) is 15.2 Å². The Balaban J connectivity index is 1.80. The average molecular weight is 446 g/mol. The highest BCUT2D eigenvalue weighted by atomic mass is 79.9. The number of hydrogen-bond donors (Lipinski definition) is 2. The normalized spacial score (nSPS) is 11.1. The summed E-state index contributed by atoms with van der Waals surface area (Å²) in [6.07, 6.45) is 3.38. The van der Waals surface area contributed by atoms with Gasteiger partial charge in [0.05, 0.1) is 5.54 Å². The van der Waals surface area contributed by atoms with Crippen LogP contribution >= 0.6 is 15.9 Å². The van der Waals surface area contributed by atoms with Crippen LogP contribution in [-0.2, 0) is 12.1 Å². The lowest BCUT2D eigenvalue weighted by atomic mass is 9.92. The van der Waals surface area contributed by atoms with E-state index in [1.54, 1.807) is 22.9 Å². The van der Waals surface area contributed by atoms with Crippen LogP contribution in [0, 0.1) is 0 Å². The van der Waals surface area contributed by atoms with Crippen LogP contribution in [0.1, 0.15) is 44.7 Å². The molecule has 28 heavy (non-hydrogen) atoms. The Labute approximate surface area is 175 Å². The van der Waals surface area contributed by atoms with Gasteiger partial charge in [-0.25, -0.2) is 4.79 Å². The Hall–Kier alpha value is -2.34. The maximum Gasteiger partial charge on any atom is 0.315 e. The molecular formula is C22H28BrN3O2. The fourth-order valence-electron chi connectivity index (χ4n) is 2.86. The summed E-state index contributed by atoms with van der Waals surface area (Å²) in [5, 5.41) is 5.92. The number of halogens is 1. The number of allylic oxidation sites excluding steroid dienone is 1. The summed E-state index contributed by atoms with van der Waals surface area (Å²) >= 11 is 3.37. The van der Waals surface area contributed by atoms with Crippen molar-refractivity contribution >= 4 is 27.5 Å². The summed E-state index contributed by atoms with van der Waals surface area (Å²) in [6, 6.07) is 11.1. The number of hydrogen-bond acceptors (Lipinski definition) is 2. The highest BCUT2D eigenvalue weighted by molar-refractivity contribution is 9.10. The van der Waals surface area contributed by atoms with E-state index in [2.05, 4.69) is 39.2 Å². The SMILES string of the molecule is C=C(C)c1cccc(C(C)(C)NC(=O)NCCCCn2cc(Br)ccc2=O)c1. The zero-order chi connectivity index (χ0) is 20.7. The second-order valence-corrected chi connectivity index (χ2v) is 8.37. The molecule has 0 atom stereocenters. The smallest absolute Gasteiger partial charge is 0.315 e. The molecule has 0 bridgehead atoms. The van der Waals surface area contributed by atoms with Crippen LogP contribution in [0.15, 0.2) is 58.4 Å². The minimum atomic E-state index is -0.501. The van der Waals surface area contributed by atoms with Crippen molar-refractivity contribution in [1.29, 1.82) is 0 Å². The number of amides is 2. The van der Waals surface area contributed by atoms with Crippen molar-refractivity contribution < 1.29 is 4.79 Å². The minimum Gasteiger partial charge on any atom is -0.338 e. The Morgan fingerprint density at radius 3 is 2.68 bits per heavy atom.